The van der Waals surface area contributed by atoms with E-state index in [1.165, 1.54) is 11.3 Å². The Morgan fingerprint density at radius 3 is 2.67 bits per heavy atom. The minimum atomic E-state index is -0.171. The van der Waals surface area contributed by atoms with Gasteiger partial charge in [-0.15, -0.1) is 11.3 Å². The van der Waals surface area contributed by atoms with Gasteiger partial charge in [0, 0.05) is 8.04 Å². The van der Waals surface area contributed by atoms with E-state index in [0.717, 1.165) is 11.8 Å². The van der Waals surface area contributed by atoms with E-state index >= 15 is 0 Å². The van der Waals surface area contributed by atoms with Crippen molar-refractivity contribution in [3.8, 4) is 0 Å². The van der Waals surface area contributed by atoms with Gasteiger partial charge in [-0.2, -0.15) is 0 Å². The molecule has 0 atom stereocenters. The number of anilines is 1. The Bertz CT molecular complexity index is 598. The Balaban J connectivity index is 2.23. The SMILES string of the molecule is O=C(Nc1cc(I)ccc1Cl)c1cc(Br)c(Br)s1. The molecule has 0 aliphatic rings. The van der Waals surface area contributed by atoms with Crippen LogP contribution in [-0.2, 0) is 0 Å². The molecule has 0 aliphatic carbocycles. The number of amides is 1. The molecule has 2 rings (SSSR count). The standard InChI is InChI=1S/C11H5Br2ClINOS/c12-6-4-9(18-10(6)13)11(17)16-8-3-5(15)1-2-7(8)14/h1-4H,(H,16,17). The third-order valence-corrected chi connectivity index (χ3v) is 6.30. The van der Waals surface area contributed by atoms with E-state index < -0.39 is 0 Å². The Labute approximate surface area is 144 Å². The van der Waals surface area contributed by atoms with Gasteiger partial charge in [-0.25, -0.2) is 0 Å². The van der Waals surface area contributed by atoms with Crippen LogP contribution in [-0.4, -0.2) is 5.91 Å². The molecule has 0 spiro atoms. The van der Waals surface area contributed by atoms with E-state index in [1.54, 1.807) is 12.1 Å². The van der Waals surface area contributed by atoms with Gasteiger partial charge in [-0.05, 0) is 78.7 Å². The third-order valence-electron chi connectivity index (χ3n) is 2.05. The molecule has 0 saturated heterocycles. The number of nitrogens with one attached hydrogen (secondary N) is 1. The molecule has 0 radical (unpaired) electrons. The predicted octanol–water partition coefficient (Wildman–Crippen LogP) is 5.78. The molecule has 18 heavy (non-hydrogen) atoms. The molecule has 0 unspecified atom stereocenters. The second-order valence-corrected chi connectivity index (χ2v) is 8.19. The topological polar surface area (TPSA) is 29.1 Å². The fraction of sp³-hybridized carbons (Fsp3) is 0. The Morgan fingerprint density at radius 1 is 1.33 bits per heavy atom. The highest BCUT2D eigenvalue weighted by atomic mass is 127. The van der Waals surface area contributed by atoms with Crippen LogP contribution in [0.5, 0.6) is 0 Å². The van der Waals surface area contributed by atoms with E-state index in [2.05, 4.69) is 59.8 Å². The number of carbonyl (C=O) groups is 1. The molecule has 2 nitrogen and oxygen atoms in total. The molecule has 94 valence electrons. The minimum Gasteiger partial charge on any atom is -0.320 e. The van der Waals surface area contributed by atoms with E-state index in [4.69, 9.17) is 11.6 Å². The summed E-state index contributed by atoms with van der Waals surface area (Å²) in [7, 11) is 0. The van der Waals surface area contributed by atoms with Crippen molar-refractivity contribution in [2.75, 3.05) is 5.32 Å². The second kappa shape index (κ2) is 6.21. The van der Waals surface area contributed by atoms with Crippen LogP contribution in [0.15, 0.2) is 32.5 Å². The summed E-state index contributed by atoms with van der Waals surface area (Å²) >= 11 is 16.3. The van der Waals surface area contributed by atoms with Crippen LogP contribution in [0.2, 0.25) is 5.02 Å². The van der Waals surface area contributed by atoms with Gasteiger partial charge in [0.05, 0.1) is 19.4 Å². The zero-order valence-electron chi connectivity index (χ0n) is 8.64. The maximum absolute atomic E-state index is 12.0. The highest BCUT2D eigenvalue weighted by Crippen LogP contribution is 2.33. The van der Waals surface area contributed by atoms with E-state index in [0.29, 0.717) is 15.6 Å². The van der Waals surface area contributed by atoms with Crippen LogP contribution < -0.4 is 5.32 Å². The largest absolute Gasteiger partial charge is 0.320 e. The molecule has 1 heterocycles. The van der Waals surface area contributed by atoms with Crippen molar-refractivity contribution in [2.45, 2.75) is 0 Å². The van der Waals surface area contributed by atoms with Gasteiger partial charge >= 0.3 is 0 Å². The lowest BCUT2D eigenvalue weighted by Gasteiger charge is -2.06. The Kier molecular flexibility index (Phi) is 5.10. The van der Waals surface area contributed by atoms with Crippen LogP contribution in [0.4, 0.5) is 5.69 Å². The second-order valence-electron chi connectivity index (χ2n) is 3.31. The van der Waals surface area contributed by atoms with Crippen LogP contribution in [0.1, 0.15) is 9.67 Å². The van der Waals surface area contributed by atoms with Crippen molar-refractivity contribution in [3.63, 3.8) is 0 Å². The van der Waals surface area contributed by atoms with Gasteiger partial charge in [-0.3, -0.25) is 4.79 Å². The maximum Gasteiger partial charge on any atom is 0.265 e. The molecular weight excluding hydrogens is 516 g/mol. The highest BCUT2D eigenvalue weighted by Gasteiger charge is 2.13. The maximum atomic E-state index is 12.0. The first kappa shape index (κ1) is 14.8. The summed E-state index contributed by atoms with van der Waals surface area (Å²) in [5.41, 5.74) is 0.620. The molecule has 2 aromatic rings. The Hall–Kier alpha value is 0.370. The fourth-order valence-corrected chi connectivity index (χ4v) is 3.82. The van der Waals surface area contributed by atoms with E-state index in [1.807, 2.05) is 12.1 Å². The van der Waals surface area contributed by atoms with Gasteiger partial charge < -0.3 is 5.32 Å². The van der Waals surface area contributed by atoms with Crippen molar-refractivity contribution in [1.29, 1.82) is 0 Å². The van der Waals surface area contributed by atoms with Crippen molar-refractivity contribution in [1.82, 2.24) is 0 Å². The number of rotatable bonds is 2. The zero-order valence-corrected chi connectivity index (χ0v) is 15.5. The monoisotopic (exact) mass is 519 g/mol. The number of carbonyl (C=O) groups excluding carboxylic acids is 1. The van der Waals surface area contributed by atoms with E-state index in [-0.39, 0.29) is 5.91 Å². The van der Waals surface area contributed by atoms with Crippen molar-refractivity contribution in [3.05, 3.63) is 46.0 Å². The third kappa shape index (κ3) is 3.47. The summed E-state index contributed by atoms with van der Waals surface area (Å²) in [5.74, 6) is -0.171. The van der Waals surface area contributed by atoms with Gasteiger partial charge in [-0.1, -0.05) is 11.6 Å². The number of thiophene rings is 1. The molecule has 1 N–H and O–H groups in total. The normalized spacial score (nSPS) is 10.4. The van der Waals surface area contributed by atoms with Crippen LogP contribution in [0, 0.1) is 3.57 Å². The van der Waals surface area contributed by atoms with Crippen LogP contribution in [0.3, 0.4) is 0 Å². The summed E-state index contributed by atoms with van der Waals surface area (Å²) in [6.07, 6.45) is 0. The molecule has 0 saturated carbocycles. The smallest absolute Gasteiger partial charge is 0.265 e. The molecule has 1 aromatic carbocycles. The van der Waals surface area contributed by atoms with Crippen LogP contribution >= 0.6 is 77.4 Å². The van der Waals surface area contributed by atoms with Crippen molar-refractivity contribution < 1.29 is 4.79 Å². The molecule has 0 fully saturated rings. The van der Waals surface area contributed by atoms with Crippen molar-refractivity contribution in [2.24, 2.45) is 0 Å². The minimum absolute atomic E-state index is 0.171. The van der Waals surface area contributed by atoms with E-state index in [9.17, 15) is 4.79 Å². The summed E-state index contributed by atoms with van der Waals surface area (Å²) < 4.78 is 2.77. The van der Waals surface area contributed by atoms with Crippen molar-refractivity contribution >= 4 is 89.0 Å². The molecule has 1 aromatic heterocycles. The molecular formula is C11H5Br2ClINOS. The summed E-state index contributed by atoms with van der Waals surface area (Å²) in [5, 5.41) is 3.33. The average Bonchev–Trinajstić information content (AvgIpc) is 2.64. The Morgan fingerprint density at radius 2 is 2.06 bits per heavy atom. The molecule has 0 bridgehead atoms. The lowest BCUT2D eigenvalue weighted by molar-refractivity contribution is 0.103. The quantitative estimate of drug-likeness (QED) is 0.499. The van der Waals surface area contributed by atoms with Gasteiger partial charge in [0.2, 0.25) is 0 Å². The van der Waals surface area contributed by atoms with Gasteiger partial charge in [0.15, 0.2) is 0 Å². The fourth-order valence-electron chi connectivity index (χ4n) is 1.24. The molecule has 1 amide bonds. The average molecular weight is 521 g/mol. The summed E-state index contributed by atoms with van der Waals surface area (Å²) in [4.78, 5) is 12.7. The van der Waals surface area contributed by atoms with Gasteiger partial charge in [0.1, 0.15) is 0 Å². The van der Waals surface area contributed by atoms with Gasteiger partial charge in [0.25, 0.3) is 5.91 Å². The summed E-state index contributed by atoms with van der Waals surface area (Å²) in [6, 6.07) is 7.25. The molecule has 7 heteroatoms. The molecule has 0 aliphatic heterocycles. The number of hydrogen-bond donors (Lipinski definition) is 1. The first-order valence-corrected chi connectivity index (χ1v) is 8.54. The highest BCUT2D eigenvalue weighted by molar-refractivity contribution is 14.1. The first-order chi connectivity index (χ1) is 8.47. The number of halogens is 4. The zero-order chi connectivity index (χ0) is 13.3. The lowest BCUT2D eigenvalue weighted by Crippen LogP contribution is -2.10. The van der Waals surface area contributed by atoms with Crippen LogP contribution in [0.25, 0.3) is 0 Å². The first-order valence-electron chi connectivity index (χ1n) is 4.68. The number of hydrogen-bond acceptors (Lipinski definition) is 2. The predicted molar refractivity (Wildman–Crippen MR) is 91.8 cm³/mol. The number of benzene rings is 1. The lowest BCUT2D eigenvalue weighted by atomic mass is 10.3. The summed E-state index contributed by atoms with van der Waals surface area (Å²) in [6.45, 7) is 0.